The summed E-state index contributed by atoms with van der Waals surface area (Å²) in [5.41, 5.74) is 0. The highest BCUT2D eigenvalue weighted by Gasteiger charge is 2.17. The molecule has 3 rings (SSSR count). The number of rotatable bonds is 7. The van der Waals surface area contributed by atoms with Gasteiger partial charge in [-0.1, -0.05) is 24.3 Å². The molecule has 0 N–H and O–H groups in total. The fraction of sp³-hybridized carbons (Fsp3) is 0.444. The van der Waals surface area contributed by atoms with Crippen molar-refractivity contribution >= 4 is 22.1 Å². The Kier molecular flexibility index (Phi) is 6.39. The molecule has 2 heterocycles. The monoisotopic (exact) mass is 348 g/mol. The third-order valence-electron chi connectivity index (χ3n) is 4.32. The second-order valence-electron chi connectivity index (χ2n) is 5.88. The maximum Gasteiger partial charge on any atom is 0.0542 e. The predicted molar refractivity (Wildman–Crippen MR) is 98.6 cm³/mol. The Morgan fingerprint density at radius 1 is 0.913 bits per heavy atom. The van der Waals surface area contributed by atoms with Crippen LogP contribution >= 0.6 is 11.3 Å². The second kappa shape index (κ2) is 8.73. The Labute approximate surface area is 145 Å². The van der Waals surface area contributed by atoms with Gasteiger partial charge in [0.1, 0.15) is 0 Å². The SMILES string of the molecule is O=[S@](CCN1CCN(CCc2cccs2)CC1)c1ccccc1. The summed E-state index contributed by atoms with van der Waals surface area (Å²) in [6.07, 6.45) is 1.16. The van der Waals surface area contributed by atoms with Gasteiger partial charge in [-0.05, 0) is 30.0 Å². The smallest absolute Gasteiger partial charge is 0.0542 e. The van der Waals surface area contributed by atoms with E-state index in [9.17, 15) is 4.21 Å². The molecule has 1 fully saturated rings. The summed E-state index contributed by atoms with van der Waals surface area (Å²) in [6.45, 7) is 6.53. The zero-order valence-electron chi connectivity index (χ0n) is 13.4. The van der Waals surface area contributed by atoms with Crippen molar-refractivity contribution in [3.63, 3.8) is 0 Å². The van der Waals surface area contributed by atoms with Crippen LogP contribution in [-0.2, 0) is 17.2 Å². The first-order chi connectivity index (χ1) is 11.3. The van der Waals surface area contributed by atoms with Crippen LogP contribution in [0.4, 0.5) is 0 Å². The van der Waals surface area contributed by atoms with Gasteiger partial charge in [0, 0.05) is 54.8 Å². The molecule has 1 aromatic carbocycles. The minimum Gasteiger partial charge on any atom is -0.300 e. The maximum atomic E-state index is 12.3. The molecule has 5 heteroatoms. The first-order valence-corrected chi connectivity index (χ1v) is 10.4. The van der Waals surface area contributed by atoms with Gasteiger partial charge in [-0.15, -0.1) is 11.3 Å². The zero-order valence-corrected chi connectivity index (χ0v) is 15.0. The number of benzene rings is 1. The van der Waals surface area contributed by atoms with Gasteiger partial charge >= 0.3 is 0 Å². The van der Waals surface area contributed by atoms with Crippen LogP contribution in [0.2, 0.25) is 0 Å². The summed E-state index contributed by atoms with van der Waals surface area (Å²) in [5.74, 6) is 0.735. The fourth-order valence-electron chi connectivity index (χ4n) is 2.86. The molecule has 124 valence electrons. The Morgan fingerprint density at radius 2 is 1.61 bits per heavy atom. The van der Waals surface area contributed by atoms with Crippen molar-refractivity contribution in [1.29, 1.82) is 0 Å². The van der Waals surface area contributed by atoms with Crippen molar-refractivity contribution in [1.82, 2.24) is 9.80 Å². The molecule has 0 saturated carbocycles. The third-order valence-corrected chi connectivity index (χ3v) is 6.61. The summed E-state index contributed by atoms with van der Waals surface area (Å²) in [6, 6.07) is 14.1. The van der Waals surface area contributed by atoms with Gasteiger partial charge in [0.25, 0.3) is 0 Å². The Hall–Kier alpha value is -1.01. The number of thiophene rings is 1. The van der Waals surface area contributed by atoms with E-state index in [1.54, 1.807) is 0 Å². The molecule has 23 heavy (non-hydrogen) atoms. The van der Waals surface area contributed by atoms with Gasteiger partial charge in [-0.25, -0.2) is 0 Å². The van der Waals surface area contributed by atoms with Crippen LogP contribution in [0.5, 0.6) is 0 Å². The van der Waals surface area contributed by atoms with Gasteiger partial charge in [0.05, 0.1) is 10.8 Å². The Morgan fingerprint density at radius 3 is 2.26 bits per heavy atom. The van der Waals surface area contributed by atoms with Crippen molar-refractivity contribution in [3.05, 3.63) is 52.7 Å². The number of nitrogens with zero attached hydrogens (tertiary/aromatic N) is 2. The first-order valence-electron chi connectivity index (χ1n) is 8.22. The largest absolute Gasteiger partial charge is 0.300 e. The minimum absolute atomic E-state index is 0.735. The molecule has 0 amide bonds. The van der Waals surface area contributed by atoms with Crippen LogP contribution in [0.15, 0.2) is 52.7 Å². The van der Waals surface area contributed by atoms with E-state index in [0.29, 0.717) is 0 Å². The second-order valence-corrected chi connectivity index (χ2v) is 8.48. The molecule has 1 aromatic heterocycles. The molecule has 1 atom stereocenters. The topological polar surface area (TPSA) is 23.6 Å². The molecule has 0 unspecified atom stereocenters. The highest BCUT2D eigenvalue weighted by Crippen LogP contribution is 2.11. The molecule has 1 aliphatic heterocycles. The van der Waals surface area contributed by atoms with E-state index < -0.39 is 10.8 Å². The first kappa shape index (κ1) is 16.8. The van der Waals surface area contributed by atoms with E-state index in [1.165, 1.54) is 4.88 Å². The summed E-state index contributed by atoms with van der Waals surface area (Å²) in [7, 11) is -0.871. The summed E-state index contributed by atoms with van der Waals surface area (Å²) in [5, 5.41) is 2.15. The van der Waals surface area contributed by atoms with E-state index in [2.05, 4.69) is 27.3 Å². The van der Waals surface area contributed by atoms with Gasteiger partial charge in [-0.3, -0.25) is 9.11 Å². The van der Waals surface area contributed by atoms with Gasteiger partial charge in [-0.2, -0.15) is 0 Å². The lowest BCUT2D eigenvalue weighted by Gasteiger charge is -2.34. The molecular formula is C18H24N2OS2. The number of piperazine rings is 1. The fourth-order valence-corrected chi connectivity index (χ4v) is 4.68. The normalized spacial score (nSPS) is 18.1. The average molecular weight is 349 g/mol. The van der Waals surface area contributed by atoms with Gasteiger partial charge < -0.3 is 4.90 Å². The summed E-state index contributed by atoms with van der Waals surface area (Å²) in [4.78, 5) is 7.42. The highest BCUT2D eigenvalue weighted by atomic mass is 32.2. The minimum atomic E-state index is -0.871. The van der Waals surface area contributed by atoms with Crippen molar-refractivity contribution in [2.45, 2.75) is 11.3 Å². The summed E-state index contributed by atoms with van der Waals surface area (Å²) < 4.78 is 12.3. The van der Waals surface area contributed by atoms with Crippen LogP contribution in [0.25, 0.3) is 0 Å². The maximum absolute atomic E-state index is 12.3. The van der Waals surface area contributed by atoms with Crippen molar-refractivity contribution in [2.24, 2.45) is 0 Å². The van der Waals surface area contributed by atoms with Crippen molar-refractivity contribution < 1.29 is 4.21 Å². The van der Waals surface area contributed by atoms with Gasteiger partial charge in [0.15, 0.2) is 0 Å². The zero-order chi connectivity index (χ0) is 15.9. The van der Waals surface area contributed by atoms with Crippen LogP contribution < -0.4 is 0 Å². The Balaban J connectivity index is 1.35. The van der Waals surface area contributed by atoms with Crippen molar-refractivity contribution in [2.75, 3.05) is 45.0 Å². The number of hydrogen-bond donors (Lipinski definition) is 0. The lowest BCUT2D eigenvalue weighted by atomic mass is 10.2. The molecule has 0 radical (unpaired) electrons. The molecule has 1 aliphatic rings. The third kappa shape index (κ3) is 5.24. The molecule has 0 spiro atoms. The van der Waals surface area contributed by atoms with Crippen LogP contribution in [0.1, 0.15) is 4.88 Å². The lowest BCUT2D eigenvalue weighted by Crippen LogP contribution is -2.47. The van der Waals surface area contributed by atoms with E-state index in [-0.39, 0.29) is 0 Å². The van der Waals surface area contributed by atoms with Crippen molar-refractivity contribution in [3.8, 4) is 0 Å². The molecule has 1 saturated heterocycles. The molecular weight excluding hydrogens is 324 g/mol. The lowest BCUT2D eigenvalue weighted by molar-refractivity contribution is 0.139. The molecule has 2 aromatic rings. The Bertz CT molecular complexity index is 593. The van der Waals surface area contributed by atoms with Crippen LogP contribution in [0.3, 0.4) is 0 Å². The quantitative estimate of drug-likeness (QED) is 0.769. The predicted octanol–water partition coefficient (Wildman–Crippen LogP) is 2.72. The van der Waals surface area contributed by atoms with E-state index in [4.69, 9.17) is 0 Å². The standard InChI is InChI=1S/C18H24N2OS2/c21-23(18-6-2-1-3-7-18)16-14-20-12-10-19(11-13-20)9-8-17-5-4-15-22-17/h1-7,15H,8-14,16H2/t23-/m1/s1. The molecule has 3 nitrogen and oxygen atoms in total. The molecule has 0 bridgehead atoms. The van der Waals surface area contributed by atoms with E-state index in [0.717, 1.165) is 56.3 Å². The van der Waals surface area contributed by atoms with Crippen LogP contribution in [-0.4, -0.2) is 59.0 Å². The summed E-state index contributed by atoms with van der Waals surface area (Å²) >= 11 is 1.85. The van der Waals surface area contributed by atoms with Crippen LogP contribution in [0, 0.1) is 0 Å². The number of hydrogen-bond acceptors (Lipinski definition) is 4. The van der Waals surface area contributed by atoms with E-state index >= 15 is 0 Å². The average Bonchev–Trinajstić information content (AvgIpc) is 3.13. The van der Waals surface area contributed by atoms with Gasteiger partial charge in [0.2, 0.25) is 0 Å². The molecule has 0 aliphatic carbocycles. The van der Waals surface area contributed by atoms with E-state index in [1.807, 2.05) is 41.7 Å². The highest BCUT2D eigenvalue weighted by molar-refractivity contribution is 7.85.